The Morgan fingerprint density at radius 1 is 0.919 bits per heavy atom. The molecular formula is C28H24N4O5. The van der Waals surface area contributed by atoms with Gasteiger partial charge in [0.1, 0.15) is 30.0 Å². The van der Waals surface area contributed by atoms with Crippen LogP contribution in [0.2, 0.25) is 0 Å². The van der Waals surface area contributed by atoms with Crippen LogP contribution in [0.5, 0.6) is 11.5 Å². The molecule has 5 aromatic rings. The molecule has 0 aliphatic carbocycles. The molecule has 0 saturated carbocycles. The van der Waals surface area contributed by atoms with E-state index in [0.29, 0.717) is 5.69 Å². The van der Waals surface area contributed by atoms with E-state index in [1.54, 1.807) is 29.3 Å². The molecule has 9 nitrogen and oxygen atoms in total. The molecule has 0 aliphatic heterocycles. The molecule has 0 atom stereocenters. The second-order valence-electron chi connectivity index (χ2n) is 8.34. The lowest BCUT2D eigenvalue weighted by molar-refractivity contribution is -0.139. The zero-order valence-electron chi connectivity index (χ0n) is 20.5. The monoisotopic (exact) mass is 496 g/mol. The van der Waals surface area contributed by atoms with Crippen molar-refractivity contribution >= 4 is 22.8 Å². The smallest absolute Gasteiger partial charge is 0.380 e. The molecule has 0 amide bonds. The lowest BCUT2D eigenvalue weighted by Crippen LogP contribution is -2.19. The van der Waals surface area contributed by atoms with Crippen molar-refractivity contribution in [2.45, 2.75) is 6.61 Å². The lowest BCUT2D eigenvalue weighted by atomic mass is 10.1. The maximum Gasteiger partial charge on any atom is 0.380 e. The molecular weight excluding hydrogens is 472 g/mol. The van der Waals surface area contributed by atoms with Gasteiger partial charge in [-0.15, -0.1) is 0 Å². The summed E-state index contributed by atoms with van der Waals surface area (Å²) in [4.78, 5) is 30.2. The van der Waals surface area contributed by atoms with Gasteiger partial charge in [0.15, 0.2) is 0 Å². The Balaban J connectivity index is 1.47. The fourth-order valence-electron chi connectivity index (χ4n) is 4.12. The number of nitrogens with zero attached hydrogens (tertiary/aromatic N) is 4. The maximum atomic E-state index is 13.0. The topological polar surface area (TPSA) is 97.5 Å². The van der Waals surface area contributed by atoms with Crippen molar-refractivity contribution in [1.82, 2.24) is 19.3 Å². The third-order valence-electron chi connectivity index (χ3n) is 5.98. The van der Waals surface area contributed by atoms with E-state index in [1.165, 1.54) is 14.2 Å². The number of aromatic nitrogens is 4. The number of fused-ring (bicyclic) bond motifs is 1. The molecule has 3 aromatic carbocycles. The van der Waals surface area contributed by atoms with Gasteiger partial charge in [-0.25, -0.2) is 9.78 Å². The first-order chi connectivity index (χ1) is 18.0. The van der Waals surface area contributed by atoms with Crippen molar-refractivity contribution < 1.29 is 23.8 Å². The highest BCUT2D eigenvalue weighted by molar-refractivity contribution is 6.42. The molecule has 2 aromatic heterocycles. The standard InChI is InChI=1S/C28H24N4O5/c1-31-15-20(14-30-31)19-9-10-23-22(11-19)29-17-32(23)21-12-24(35-2)26(25(13-21)36-3)27(33)28(34)37-16-18-7-5-4-6-8-18/h4-15,17H,16H2,1-3H3. The van der Waals surface area contributed by atoms with Crippen LogP contribution < -0.4 is 9.47 Å². The van der Waals surface area contributed by atoms with Gasteiger partial charge in [0.25, 0.3) is 5.78 Å². The van der Waals surface area contributed by atoms with Crippen molar-refractivity contribution in [3.63, 3.8) is 0 Å². The van der Waals surface area contributed by atoms with Crippen LogP contribution in [0.1, 0.15) is 15.9 Å². The van der Waals surface area contributed by atoms with Gasteiger partial charge in [-0.3, -0.25) is 14.0 Å². The number of benzene rings is 3. The highest BCUT2D eigenvalue weighted by Crippen LogP contribution is 2.34. The van der Waals surface area contributed by atoms with Gasteiger partial charge < -0.3 is 14.2 Å². The van der Waals surface area contributed by atoms with Gasteiger partial charge in [0.2, 0.25) is 0 Å². The fourth-order valence-corrected chi connectivity index (χ4v) is 4.12. The molecule has 0 saturated heterocycles. The third kappa shape index (κ3) is 4.66. The third-order valence-corrected chi connectivity index (χ3v) is 5.98. The van der Waals surface area contributed by atoms with Crippen LogP contribution in [-0.2, 0) is 23.2 Å². The Morgan fingerprint density at radius 3 is 2.30 bits per heavy atom. The van der Waals surface area contributed by atoms with Gasteiger partial charge in [0.05, 0.1) is 37.1 Å². The SMILES string of the molecule is COc1cc(-n2cnc3cc(-c4cnn(C)c4)ccc32)cc(OC)c1C(=O)C(=O)OCc1ccccc1. The first kappa shape index (κ1) is 23.8. The summed E-state index contributed by atoms with van der Waals surface area (Å²) in [5.74, 6) is -1.48. The van der Waals surface area contributed by atoms with Gasteiger partial charge >= 0.3 is 5.97 Å². The molecule has 0 unspecified atom stereocenters. The summed E-state index contributed by atoms with van der Waals surface area (Å²) in [7, 11) is 4.72. The summed E-state index contributed by atoms with van der Waals surface area (Å²) in [5.41, 5.74) is 5.04. The number of carbonyl (C=O) groups excluding carboxylic acids is 2. The first-order valence-corrected chi connectivity index (χ1v) is 11.5. The second-order valence-corrected chi connectivity index (χ2v) is 8.34. The molecule has 0 fully saturated rings. The van der Waals surface area contributed by atoms with Crippen LogP contribution in [0.4, 0.5) is 0 Å². The number of esters is 1. The van der Waals surface area contributed by atoms with Crippen molar-refractivity contribution in [2.75, 3.05) is 14.2 Å². The molecule has 0 radical (unpaired) electrons. The normalized spacial score (nSPS) is 10.9. The number of ketones is 1. The Hall–Kier alpha value is -4.92. The van der Waals surface area contributed by atoms with Crippen molar-refractivity contribution in [3.05, 3.63) is 90.5 Å². The van der Waals surface area contributed by atoms with Crippen LogP contribution in [0.15, 0.2) is 79.4 Å². The van der Waals surface area contributed by atoms with Crippen molar-refractivity contribution in [3.8, 4) is 28.3 Å². The molecule has 0 spiro atoms. The maximum absolute atomic E-state index is 13.0. The number of hydrogen-bond acceptors (Lipinski definition) is 7. The zero-order valence-corrected chi connectivity index (χ0v) is 20.5. The van der Waals surface area contributed by atoms with E-state index >= 15 is 0 Å². The number of carbonyl (C=O) groups is 2. The molecule has 37 heavy (non-hydrogen) atoms. The Kier molecular flexibility index (Phi) is 6.42. The number of ether oxygens (including phenoxy) is 3. The van der Waals surface area contributed by atoms with Crippen LogP contribution in [-0.4, -0.2) is 45.3 Å². The molecule has 9 heteroatoms. The largest absolute Gasteiger partial charge is 0.496 e. The highest BCUT2D eigenvalue weighted by Gasteiger charge is 2.27. The number of imidazole rings is 1. The average molecular weight is 497 g/mol. The number of methoxy groups -OCH3 is 2. The van der Waals surface area contributed by atoms with Gasteiger partial charge in [-0.2, -0.15) is 5.10 Å². The van der Waals surface area contributed by atoms with Crippen molar-refractivity contribution in [1.29, 1.82) is 0 Å². The van der Waals surface area contributed by atoms with E-state index in [1.807, 2.05) is 66.3 Å². The fraction of sp³-hybridized carbons (Fsp3) is 0.143. The predicted octanol–water partition coefficient (Wildman–Crippen LogP) is 4.37. The van der Waals surface area contributed by atoms with Crippen LogP contribution in [0, 0.1) is 0 Å². The van der Waals surface area contributed by atoms with Crippen molar-refractivity contribution in [2.24, 2.45) is 7.05 Å². The lowest BCUT2D eigenvalue weighted by Gasteiger charge is -2.15. The predicted molar refractivity (Wildman–Crippen MR) is 137 cm³/mol. The van der Waals surface area contributed by atoms with Crippen LogP contribution >= 0.6 is 0 Å². The molecule has 5 rings (SSSR count). The molecule has 0 aliphatic rings. The van der Waals surface area contributed by atoms with E-state index in [2.05, 4.69) is 10.1 Å². The number of aryl methyl sites for hydroxylation is 1. The molecule has 0 bridgehead atoms. The minimum atomic E-state index is -0.996. The van der Waals surface area contributed by atoms with Crippen LogP contribution in [0.25, 0.3) is 27.8 Å². The van der Waals surface area contributed by atoms with E-state index < -0.39 is 11.8 Å². The van der Waals surface area contributed by atoms with E-state index in [-0.39, 0.29) is 23.7 Å². The summed E-state index contributed by atoms with van der Waals surface area (Å²) in [6.07, 6.45) is 5.42. The summed E-state index contributed by atoms with van der Waals surface area (Å²) >= 11 is 0. The van der Waals surface area contributed by atoms with Gasteiger partial charge in [0, 0.05) is 30.9 Å². The molecule has 2 heterocycles. The van der Waals surface area contributed by atoms with Gasteiger partial charge in [-0.05, 0) is 23.3 Å². The Morgan fingerprint density at radius 2 is 1.65 bits per heavy atom. The summed E-state index contributed by atoms with van der Waals surface area (Å²) < 4.78 is 19.8. The minimum absolute atomic E-state index is 0.00454. The Labute approximate surface area is 212 Å². The van der Waals surface area contributed by atoms with Gasteiger partial charge in [-0.1, -0.05) is 36.4 Å². The number of Topliss-reactive ketones (excluding diaryl/α,β-unsaturated/α-hetero) is 1. The zero-order chi connectivity index (χ0) is 25.9. The van der Waals surface area contributed by atoms with E-state index in [9.17, 15) is 9.59 Å². The first-order valence-electron chi connectivity index (χ1n) is 11.5. The second kappa shape index (κ2) is 9.98. The summed E-state index contributed by atoms with van der Waals surface area (Å²) in [6, 6.07) is 18.4. The number of hydrogen-bond donors (Lipinski definition) is 0. The van der Waals surface area contributed by atoms with E-state index in [4.69, 9.17) is 14.2 Å². The molecule has 186 valence electrons. The highest BCUT2D eigenvalue weighted by atomic mass is 16.5. The van der Waals surface area contributed by atoms with E-state index in [0.717, 1.165) is 27.7 Å². The minimum Gasteiger partial charge on any atom is -0.496 e. The molecule has 0 N–H and O–H groups in total. The average Bonchev–Trinajstić information content (AvgIpc) is 3.56. The summed E-state index contributed by atoms with van der Waals surface area (Å²) in [5, 5.41) is 4.23. The quantitative estimate of drug-likeness (QED) is 0.179. The summed E-state index contributed by atoms with van der Waals surface area (Å²) in [6.45, 7) is -0.0177. The Bertz CT molecular complexity index is 1580. The van der Waals surface area contributed by atoms with Crippen LogP contribution in [0.3, 0.4) is 0 Å². The number of rotatable bonds is 8.